The highest BCUT2D eigenvalue weighted by molar-refractivity contribution is 7.99. The van der Waals surface area contributed by atoms with Gasteiger partial charge in [-0.2, -0.15) is 4.98 Å². The summed E-state index contributed by atoms with van der Waals surface area (Å²) in [5, 5.41) is 1.61. The number of fused-ring (bicyclic) bond motifs is 2. The number of pyridine rings is 2. The fourth-order valence-electron chi connectivity index (χ4n) is 3.10. The van der Waals surface area contributed by atoms with Crippen LogP contribution in [0.25, 0.3) is 22.2 Å². The van der Waals surface area contributed by atoms with Crippen LogP contribution in [0, 0.1) is 0 Å². The maximum absolute atomic E-state index is 6.60. The first kappa shape index (κ1) is 20.4. The SMILES string of the molecule is CCc1[nH]c2nc(Sc3cnc4nccnc4c3)nc(Oc3cncc(OC)c3)c2c1Cl. The minimum atomic E-state index is 0.321. The zero-order valence-corrected chi connectivity index (χ0v) is 18.6. The van der Waals surface area contributed by atoms with Crippen molar-refractivity contribution in [1.82, 2.24) is 34.9 Å². The molecule has 0 amide bonds. The molecule has 5 rings (SSSR count). The Labute approximate surface area is 191 Å². The predicted molar refractivity (Wildman–Crippen MR) is 121 cm³/mol. The molecule has 0 aliphatic rings. The highest BCUT2D eigenvalue weighted by Crippen LogP contribution is 2.38. The molecule has 0 aromatic carbocycles. The van der Waals surface area contributed by atoms with Gasteiger partial charge in [0.15, 0.2) is 16.6 Å². The normalized spacial score (nSPS) is 11.2. The third-order valence-corrected chi connectivity index (χ3v) is 5.85. The van der Waals surface area contributed by atoms with Gasteiger partial charge in [-0.15, -0.1) is 0 Å². The molecule has 0 spiro atoms. The van der Waals surface area contributed by atoms with Crippen LogP contribution in [0.3, 0.4) is 0 Å². The molecule has 11 heteroatoms. The molecule has 0 aliphatic carbocycles. The minimum Gasteiger partial charge on any atom is -0.495 e. The summed E-state index contributed by atoms with van der Waals surface area (Å²) in [5.74, 6) is 1.36. The number of hydrogen-bond donors (Lipinski definition) is 1. The number of methoxy groups -OCH3 is 1. The molecule has 0 bridgehead atoms. The number of H-pyrrole nitrogens is 1. The van der Waals surface area contributed by atoms with E-state index in [0.717, 1.165) is 10.6 Å². The summed E-state index contributed by atoms with van der Waals surface area (Å²) in [4.78, 5) is 30.3. The van der Waals surface area contributed by atoms with E-state index in [4.69, 9.17) is 21.1 Å². The van der Waals surface area contributed by atoms with Crippen LogP contribution in [0.2, 0.25) is 5.02 Å². The molecule has 0 unspecified atom stereocenters. The molecule has 32 heavy (non-hydrogen) atoms. The average Bonchev–Trinajstić information content (AvgIpc) is 3.14. The first-order valence-corrected chi connectivity index (χ1v) is 10.8. The summed E-state index contributed by atoms with van der Waals surface area (Å²) in [6.07, 6.45) is 8.83. The van der Waals surface area contributed by atoms with Gasteiger partial charge >= 0.3 is 0 Å². The molecule has 1 N–H and O–H groups in total. The van der Waals surface area contributed by atoms with E-state index in [1.807, 2.05) is 13.0 Å². The number of halogens is 1. The van der Waals surface area contributed by atoms with Gasteiger partial charge in [-0.25, -0.2) is 15.0 Å². The van der Waals surface area contributed by atoms with Crippen molar-refractivity contribution in [1.29, 1.82) is 0 Å². The standard InChI is InChI=1S/C21H16ClN7O2S/c1-3-14-17(22)16-19(27-14)28-21(29-20(16)31-12-6-11(30-2)8-23-9-12)32-13-7-15-18(26-10-13)25-5-4-24-15/h4-10H,3H2,1-2H3,(H,27,28,29). The van der Waals surface area contributed by atoms with Crippen LogP contribution in [0.5, 0.6) is 17.4 Å². The smallest absolute Gasteiger partial charge is 0.234 e. The lowest BCUT2D eigenvalue weighted by molar-refractivity contribution is 0.404. The molecular weight excluding hydrogens is 450 g/mol. The second kappa shape index (κ2) is 8.56. The van der Waals surface area contributed by atoms with Crippen molar-refractivity contribution in [3.8, 4) is 17.4 Å². The fraction of sp³-hybridized carbons (Fsp3) is 0.143. The van der Waals surface area contributed by atoms with Gasteiger partial charge in [0.1, 0.15) is 22.3 Å². The summed E-state index contributed by atoms with van der Waals surface area (Å²) < 4.78 is 11.3. The van der Waals surface area contributed by atoms with Crippen molar-refractivity contribution in [2.75, 3.05) is 7.11 Å². The minimum absolute atomic E-state index is 0.321. The van der Waals surface area contributed by atoms with Crippen LogP contribution < -0.4 is 9.47 Å². The molecule has 0 saturated carbocycles. The van der Waals surface area contributed by atoms with Gasteiger partial charge in [-0.05, 0) is 24.2 Å². The highest BCUT2D eigenvalue weighted by Gasteiger charge is 2.19. The summed E-state index contributed by atoms with van der Waals surface area (Å²) in [7, 11) is 1.57. The topological polar surface area (TPSA) is 112 Å². The van der Waals surface area contributed by atoms with E-state index in [-0.39, 0.29) is 0 Å². The van der Waals surface area contributed by atoms with Crippen molar-refractivity contribution >= 4 is 45.6 Å². The Morgan fingerprint density at radius 3 is 2.72 bits per heavy atom. The second-order valence-electron chi connectivity index (χ2n) is 6.64. The Balaban J connectivity index is 1.58. The Hall–Kier alpha value is -3.50. The van der Waals surface area contributed by atoms with Gasteiger partial charge in [0.25, 0.3) is 0 Å². The number of aryl methyl sites for hydroxylation is 1. The molecule has 0 atom stereocenters. The van der Waals surface area contributed by atoms with Crippen LogP contribution in [0.4, 0.5) is 0 Å². The lowest BCUT2D eigenvalue weighted by Crippen LogP contribution is -1.95. The van der Waals surface area contributed by atoms with Gasteiger partial charge in [-0.3, -0.25) is 9.97 Å². The van der Waals surface area contributed by atoms with Crippen molar-refractivity contribution < 1.29 is 9.47 Å². The van der Waals surface area contributed by atoms with E-state index in [1.165, 1.54) is 11.8 Å². The van der Waals surface area contributed by atoms with Crippen LogP contribution >= 0.6 is 23.4 Å². The molecule has 160 valence electrons. The van der Waals surface area contributed by atoms with E-state index in [9.17, 15) is 0 Å². The zero-order valence-electron chi connectivity index (χ0n) is 17.0. The summed E-state index contributed by atoms with van der Waals surface area (Å²) >= 11 is 7.94. The number of nitrogens with zero attached hydrogens (tertiary/aromatic N) is 6. The Bertz CT molecular complexity index is 1440. The van der Waals surface area contributed by atoms with Crippen LogP contribution in [0.1, 0.15) is 12.6 Å². The second-order valence-corrected chi connectivity index (χ2v) is 8.06. The molecule has 0 saturated heterocycles. The molecule has 9 nitrogen and oxygen atoms in total. The zero-order chi connectivity index (χ0) is 22.1. The van der Waals surface area contributed by atoms with Crippen molar-refractivity contribution in [3.63, 3.8) is 0 Å². The third kappa shape index (κ3) is 3.90. The monoisotopic (exact) mass is 465 g/mol. The largest absolute Gasteiger partial charge is 0.495 e. The number of nitrogens with one attached hydrogen (secondary N) is 1. The van der Waals surface area contributed by atoms with Crippen molar-refractivity contribution in [2.24, 2.45) is 0 Å². The fourth-order valence-corrected chi connectivity index (χ4v) is 4.20. The Kier molecular flexibility index (Phi) is 5.46. The van der Waals surface area contributed by atoms with E-state index < -0.39 is 0 Å². The van der Waals surface area contributed by atoms with Gasteiger partial charge in [-0.1, -0.05) is 18.5 Å². The number of ether oxygens (including phenoxy) is 2. The molecule has 5 aromatic rings. The lowest BCUT2D eigenvalue weighted by Gasteiger charge is -2.09. The van der Waals surface area contributed by atoms with E-state index in [1.54, 1.807) is 44.2 Å². The number of aromatic nitrogens is 7. The number of rotatable bonds is 6. The molecule has 5 aromatic heterocycles. The third-order valence-electron chi connectivity index (χ3n) is 4.61. The first-order valence-electron chi connectivity index (χ1n) is 9.64. The molecular formula is C21H16ClN7O2S. The summed E-state index contributed by atoms with van der Waals surface area (Å²) in [6, 6.07) is 3.61. The van der Waals surface area contributed by atoms with E-state index in [2.05, 4.69) is 34.9 Å². The lowest BCUT2D eigenvalue weighted by atomic mass is 10.3. The van der Waals surface area contributed by atoms with Gasteiger partial charge in [0.2, 0.25) is 5.88 Å². The van der Waals surface area contributed by atoms with E-state index >= 15 is 0 Å². The first-order chi connectivity index (χ1) is 15.6. The molecule has 5 heterocycles. The number of aromatic amines is 1. The molecule has 0 aliphatic heterocycles. The van der Waals surface area contributed by atoms with Crippen molar-refractivity contribution in [2.45, 2.75) is 23.4 Å². The van der Waals surface area contributed by atoms with Gasteiger partial charge in [0.05, 0.1) is 24.5 Å². The molecule has 0 fully saturated rings. The maximum Gasteiger partial charge on any atom is 0.234 e. The maximum atomic E-state index is 6.60. The van der Waals surface area contributed by atoms with E-state index in [0.29, 0.717) is 56.2 Å². The predicted octanol–water partition coefficient (Wildman–Crippen LogP) is 4.86. The average molecular weight is 466 g/mol. The van der Waals surface area contributed by atoms with Crippen LogP contribution in [-0.4, -0.2) is 42.0 Å². The summed E-state index contributed by atoms with van der Waals surface area (Å²) in [5.41, 5.74) is 2.71. The quantitative estimate of drug-likeness (QED) is 0.351. The van der Waals surface area contributed by atoms with Crippen LogP contribution in [0.15, 0.2) is 53.2 Å². The molecule has 0 radical (unpaired) electrons. The summed E-state index contributed by atoms with van der Waals surface area (Å²) in [6.45, 7) is 2.01. The Morgan fingerprint density at radius 1 is 1.03 bits per heavy atom. The van der Waals surface area contributed by atoms with Gasteiger partial charge < -0.3 is 14.5 Å². The van der Waals surface area contributed by atoms with Gasteiger partial charge in [0, 0.05) is 35.2 Å². The Morgan fingerprint density at radius 2 is 1.88 bits per heavy atom. The van der Waals surface area contributed by atoms with Crippen LogP contribution in [-0.2, 0) is 6.42 Å². The van der Waals surface area contributed by atoms with Crippen molar-refractivity contribution in [3.05, 3.63) is 53.8 Å². The number of hydrogen-bond acceptors (Lipinski definition) is 9. The highest BCUT2D eigenvalue weighted by atomic mass is 35.5.